The van der Waals surface area contributed by atoms with E-state index < -0.39 is 81.9 Å². The molecule has 2 aliphatic heterocycles. The fourth-order valence-corrected chi connectivity index (χ4v) is 9.30. The van der Waals surface area contributed by atoms with Gasteiger partial charge in [0.2, 0.25) is 0 Å². The van der Waals surface area contributed by atoms with Crippen LogP contribution in [-0.2, 0) is 39.2 Å². The van der Waals surface area contributed by atoms with Crippen LogP contribution in [0.15, 0.2) is 31.2 Å². The van der Waals surface area contributed by atoms with Crippen LogP contribution in [0.1, 0.15) is 18.7 Å². The fraction of sp³-hybridized carbons (Fsp3) is 0.522. The van der Waals surface area contributed by atoms with E-state index in [1.165, 1.54) is 29.7 Å². The first-order chi connectivity index (χ1) is 21.4. The van der Waals surface area contributed by atoms with Gasteiger partial charge in [0.25, 0.3) is 0 Å². The zero-order chi connectivity index (χ0) is 31.5. The number of imidazole rings is 2. The maximum absolute atomic E-state index is 13.4. The quantitative estimate of drug-likeness (QED) is 0.149. The molecule has 4 aliphatic rings. The Labute approximate surface area is 257 Å². The molecule has 19 nitrogen and oxygen atoms in total. The SMILES string of the molecule is Nc1ncnc2c1ncn2[C@H]1[C@H](O)[C@@H]2OP(O)(=S)OC[C@H]3O[C@@H](n4cnc5c(N)ccnc54)[C@H](OP(=O)(O)OC[C@]24C[C@H]14)[C@@H]3O. The van der Waals surface area contributed by atoms with Gasteiger partial charge in [0.15, 0.2) is 23.3 Å². The van der Waals surface area contributed by atoms with Crippen LogP contribution in [0.5, 0.6) is 0 Å². The Morgan fingerprint density at radius 2 is 1.73 bits per heavy atom. The standard InChI is InChI=1S/C23H27N9O10P2S/c24-10-1-2-26-20-12(10)29-8-32(20)22-17-15(33)11(40-22)4-38-44(37,45)42-18-16(34)14(9-3-23(9,18)5-39-43(35,36)41-17)31-7-30-13-19(25)27-6-28-21(13)31/h1-2,6-9,11,14-18,22,33-34H,3-5H2,(H2,24,26)(H,35,36)(H,37,45)(H2,25,27,28)/t9-,11-,14-,15-,16+,17-,18+,22-,23+,44?/m1/s1. The van der Waals surface area contributed by atoms with E-state index >= 15 is 0 Å². The first-order valence-corrected chi connectivity index (χ1v) is 17.8. The summed E-state index contributed by atoms with van der Waals surface area (Å²) in [6, 6.07) is 0.845. The average Bonchev–Trinajstić information content (AvgIpc) is 3.28. The molecule has 240 valence electrons. The van der Waals surface area contributed by atoms with Gasteiger partial charge in [-0.15, -0.1) is 0 Å². The van der Waals surface area contributed by atoms with Gasteiger partial charge in [-0.3, -0.25) is 13.6 Å². The van der Waals surface area contributed by atoms with E-state index in [2.05, 4.69) is 24.9 Å². The predicted molar refractivity (Wildman–Crippen MR) is 155 cm³/mol. The van der Waals surface area contributed by atoms with Gasteiger partial charge in [-0.1, -0.05) is 0 Å². The van der Waals surface area contributed by atoms with Gasteiger partial charge in [-0.2, -0.15) is 0 Å². The second kappa shape index (κ2) is 10.1. The summed E-state index contributed by atoms with van der Waals surface area (Å²) >= 11 is 5.32. The number of phosphoric ester groups is 1. The van der Waals surface area contributed by atoms with Crippen molar-refractivity contribution in [1.29, 1.82) is 0 Å². The van der Waals surface area contributed by atoms with Crippen LogP contribution in [0.4, 0.5) is 11.5 Å². The van der Waals surface area contributed by atoms with E-state index in [1.807, 2.05) is 0 Å². The van der Waals surface area contributed by atoms with Gasteiger partial charge < -0.3 is 49.8 Å². The van der Waals surface area contributed by atoms with Crippen LogP contribution in [0.2, 0.25) is 0 Å². The third kappa shape index (κ3) is 4.63. The Bertz CT molecular complexity index is 1930. The highest BCUT2D eigenvalue weighted by Crippen LogP contribution is 2.72. The lowest BCUT2D eigenvalue weighted by Crippen LogP contribution is -2.38. The third-order valence-electron chi connectivity index (χ3n) is 9.00. The van der Waals surface area contributed by atoms with E-state index in [9.17, 15) is 24.6 Å². The number of aromatic nitrogens is 7. The highest BCUT2D eigenvalue weighted by atomic mass is 32.5. The molecule has 2 unspecified atom stereocenters. The Morgan fingerprint density at radius 1 is 0.978 bits per heavy atom. The van der Waals surface area contributed by atoms with Crippen molar-refractivity contribution in [3.05, 3.63) is 31.2 Å². The topological polar surface area (TPSA) is 270 Å². The maximum atomic E-state index is 13.4. The molecule has 2 saturated heterocycles. The number of pyridine rings is 1. The molecular formula is C23H27N9O10P2S. The van der Waals surface area contributed by atoms with E-state index in [4.69, 9.17) is 46.1 Å². The van der Waals surface area contributed by atoms with Crippen molar-refractivity contribution in [2.75, 3.05) is 24.7 Å². The molecule has 2 aliphatic carbocycles. The minimum atomic E-state index is -4.92. The van der Waals surface area contributed by atoms with Gasteiger partial charge in [-0.25, -0.2) is 29.5 Å². The number of anilines is 2. The highest BCUT2D eigenvalue weighted by molar-refractivity contribution is 8.07. The lowest BCUT2D eigenvalue weighted by atomic mass is 10.0. The van der Waals surface area contributed by atoms with Gasteiger partial charge in [0.1, 0.15) is 47.9 Å². The maximum Gasteiger partial charge on any atom is 0.472 e. The Kier molecular flexibility index (Phi) is 6.69. The molecule has 4 aromatic rings. The molecule has 4 fully saturated rings. The normalized spacial score (nSPS) is 41.7. The molecule has 11 atom stereocenters. The van der Waals surface area contributed by atoms with Crippen molar-refractivity contribution in [2.24, 2.45) is 11.3 Å². The largest absolute Gasteiger partial charge is 0.472 e. The second-order valence-corrected chi connectivity index (χ2v) is 15.7. The van der Waals surface area contributed by atoms with Crippen molar-refractivity contribution < 1.29 is 47.4 Å². The number of aliphatic hydroxyl groups excluding tert-OH is 2. The Balaban J connectivity index is 1.14. The fourth-order valence-electron chi connectivity index (χ4n) is 6.82. The van der Waals surface area contributed by atoms with Crippen LogP contribution in [0.3, 0.4) is 0 Å². The number of hydrogen-bond acceptors (Lipinski definition) is 16. The number of phosphoric acid groups is 1. The minimum absolute atomic E-state index is 0.150. The summed E-state index contributed by atoms with van der Waals surface area (Å²) in [6.07, 6.45) is -2.13. The van der Waals surface area contributed by atoms with Crippen LogP contribution in [-0.4, -0.2) is 97.8 Å². The summed E-state index contributed by atoms with van der Waals surface area (Å²) in [5.74, 6) is -0.241. The van der Waals surface area contributed by atoms with Crippen molar-refractivity contribution in [3.8, 4) is 0 Å². The molecule has 8 N–H and O–H groups in total. The number of hydrogen-bond donors (Lipinski definition) is 6. The summed E-state index contributed by atoms with van der Waals surface area (Å²) in [4.78, 5) is 43.1. The molecule has 8 rings (SSSR count). The highest BCUT2D eigenvalue weighted by Gasteiger charge is 2.74. The zero-order valence-electron chi connectivity index (χ0n) is 23.0. The molecule has 0 amide bonds. The number of rotatable bonds is 2. The first kappa shape index (κ1) is 29.7. The number of aliphatic hydroxyl groups is 2. The number of nitrogen functional groups attached to an aromatic ring is 2. The molecule has 1 spiro atoms. The summed E-state index contributed by atoms with van der Waals surface area (Å²) < 4.78 is 45.1. The molecule has 2 saturated carbocycles. The summed E-state index contributed by atoms with van der Waals surface area (Å²) in [5.41, 5.74) is 12.5. The molecular weight excluding hydrogens is 656 g/mol. The number of ether oxygens (including phenoxy) is 1. The molecule has 45 heavy (non-hydrogen) atoms. The van der Waals surface area contributed by atoms with E-state index in [-0.39, 0.29) is 11.5 Å². The second-order valence-electron chi connectivity index (χ2n) is 11.5. The summed E-state index contributed by atoms with van der Waals surface area (Å²) in [6.45, 7) is -5.04. The smallest absolute Gasteiger partial charge is 0.397 e. The van der Waals surface area contributed by atoms with Gasteiger partial charge in [0, 0.05) is 11.6 Å². The third-order valence-corrected chi connectivity index (χ3v) is 11.5. The molecule has 0 aromatic carbocycles. The van der Waals surface area contributed by atoms with Crippen molar-refractivity contribution in [2.45, 2.75) is 49.2 Å². The summed E-state index contributed by atoms with van der Waals surface area (Å²) in [5, 5.41) is 22.7. The molecule has 0 radical (unpaired) electrons. The first-order valence-electron chi connectivity index (χ1n) is 13.7. The average molecular weight is 684 g/mol. The van der Waals surface area contributed by atoms with Crippen molar-refractivity contribution >= 4 is 60.2 Å². The number of nitrogens with two attached hydrogens (primary N) is 2. The van der Waals surface area contributed by atoms with Gasteiger partial charge >= 0.3 is 14.5 Å². The van der Waals surface area contributed by atoms with E-state index in [1.54, 1.807) is 10.6 Å². The molecule has 22 heteroatoms. The van der Waals surface area contributed by atoms with Crippen molar-refractivity contribution in [1.82, 2.24) is 34.1 Å². The molecule has 4 aromatic heterocycles. The monoisotopic (exact) mass is 683 g/mol. The number of nitrogens with zero attached hydrogens (tertiary/aromatic N) is 7. The van der Waals surface area contributed by atoms with Crippen LogP contribution in [0.25, 0.3) is 22.3 Å². The van der Waals surface area contributed by atoms with E-state index in [0.717, 1.165) is 0 Å². The molecule has 2 bridgehead atoms. The van der Waals surface area contributed by atoms with Crippen molar-refractivity contribution in [3.63, 3.8) is 0 Å². The lowest BCUT2D eigenvalue weighted by Gasteiger charge is -2.31. The predicted octanol–water partition coefficient (Wildman–Crippen LogP) is -0.250. The van der Waals surface area contributed by atoms with E-state index in [0.29, 0.717) is 28.8 Å². The zero-order valence-corrected chi connectivity index (χ0v) is 25.6. The van der Waals surface area contributed by atoms with Gasteiger partial charge in [0.05, 0.1) is 37.6 Å². The lowest BCUT2D eigenvalue weighted by molar-refractivity contribution is -0.0616. The molecule has 6 heterocycles. The Morgan fingerprint density at radius 3 is 2.56 bits per heavy atom. The van der Waals surface area contributed by atoms with Crippen LogP contribution in [0, 0.1) is 11.3 Å². The summed E-state index contributed by atoms with van der Waals surface area (Å²) in [7, 11) is -4.92. The van der Waals surface area contributed by atoms with Crippen LogP contribution < -0.4 is 11.5 Å². The minimum Gasteiger partial charge on any atom is -0.397 e. The number of fused-ring (bicyclic) bond motifs is 4. The van der Waals surface area contributed by atoms with Gasteiger partial charge in [-0.05, 0) is 30.2 Å². The van der Waals surface area contributed by atoms with Crippen LogP contribution >= 0.6 is 14.5 Å². The Hall–Kier alpha value is -2.71.